The van der Waals surface area contributed by atoms with Gasteiger partial charge in [0.05, 0.1) is 0 Å². The Morgan fingerprint density at radius 1 is 1.30 bits per heavy atom. The molecule has 20 heavy (non-hydrogen) atoms. The van der Waals surface area contributed by atoms with Crippen molar-refractivity contribution in [3.63, 3.8) is 0 Å². The summed E-state index contributed by atoms with van der Waals surface area (Å²) in [6.45, 7) is 5.88. The van der Waals surface area contributed by atoms with Crippen LogP contribution in [0.15, 0.2) is 24.3 Å². The summed E-state index contributed by atoms with van der Waals surface area (Å²) in [5.74, 6) is 0.851. The van der Waals surface area contributed by atoms with E-state index in [1.807, 2.05) is 4.90 Å². The lowest BCUT2D eigenvalue weighted by molar-refractivity contribution is -0.132. The minimum absolute atomic E-state index is 0.222. The normalized spacial score (nSPS) is 18.1. The molecular formula is C17H24ClNO. The third-order valence-electron chi connectivity index (χ3n) is 4.29. The molecule has 0 radical (unpaired) electrons. The smallest absolute Gasteiger partial charge is 0.222 e. The van der Waals surface area contributed by atoms with Crippen LogP contribution >= 0.6 is 11.6 Å². The van der Waals surface area contributed by atoms with E-state index in [0.717, 1.165) is 32.4 Å². The lowest BCUT2D eigenvalue weighted by Crippen LogP contribution is -2.40. The van der Waals surface area contributed by atoms with Crippen LogP contribution in [-0.2, 0) is 11.2 Å². The van der Waals surface area contributed by atoms with Gasteiger partial charge in [-0.05, 0) is 44.6 Å². The number of aryl methyl sites for hydroxylation is 2. The van der Waals surface area contributed by atoms with Gasteiger partial charge in [0.15, 0.2) is 0 Å². The van der Waals surface area contributed by atoms with Gasteiger partial charge < -0.3 is 4.90 Å². The predicted molar refractivity (Wildman–Crippen MR) is 84.1 cm³/mol. The number of halogens is 1. The Balaban J connectivity index is 1.77. The highest BCUT2D eigenvalue weighted by Crippen LogP contribution is 2.24. The number of carbonyl (C=O) groups excluding carboxylic acids is 1. The number of rotatable bonds is 4. The van der Waals surface area contributed by atoms with Crippen molar-refractivity contribution in [2.24, 2.45) is 5.92 Å². The summed E-state index contributed by atoms with van der Waals surface area (Å²) in [6.07, 6.45) is 3.54. The summed E-state index contributed by atoms with van der Waals surface area (Å²) in [6, 6.07) is 8.44. The molecule has 1 heterocycles. The van der Waals surface area contributed by atoms with E-state index in [2.05, 4.69) is 38.1 Å². The van der Waals surface area contributed by atoms with Crippen LogP contribution in [0.2, 0.25) is 0 Å². The van der Waals surface area contributed by atoms with Crippen LogP contribution in [0, 0.1) is 12.8 Å². The highest BCUT2D eigenvalue weighted by atomic mass is 35.5. The van der Waals surface area contributed by atoms with Gasteiger partial charge in [-0.25, -0.2) is 0 Å². The lowest BCUT2D eigenvalue weighted by Gasteiger charge is -2.33. The van der Waals surface area contributed by atoms with Crippen molar-refractivity contribution in [1.29, 1.82) is 0 Å². The third kappa shape index (κ3) is 4.24. The molecule has 1 fully saturated rings. The number of hydrogen-bond acceptors (Lipinski definition) is 1. The Bertz CT molecular complexity index is 433. The molecule has 2 rings (SSSR count). The standard InChI is InChI=1S/C17H24ClNO/c1-13-3-5-15(6-4-13)7-8-17(20)19-11-9-16(10-12-19)14(2)18/h3-6,14,16H,7-12H2,1-2H3. The molecule has 1 aromatic carbocycles. The van der Waals surface area contributed by atoms with Crippen LogP contribution < -0.4 is 0 Å². The van der Waals surface area contributed by atoms with E-state index < -0.39 is 0 Å². The van der Waals surface area contributed by atoms with Gasteiger partial charge in [-0.3, -0.25) is 4.79 Å². The minimum Gasteiger partial charge on any atom is -0.343 e. The lowest BCUT2D eigenvalue weighted by atomic mass is 9.93. The Labute approximate surface area is 127 Å². The zero-order chi connectivity index (χ0) is 14.5. The number of carbonyl (C=O) groups is 1. The summed E-state index contributed by atoms with van der Waals surface area (Å²) in [5.41, 5.74) is 2.51. The van der Waals surface area contributed by atoms with Gasteiger partial charge in [0, 0.05) is 24.9 Å². The fourth-order valence-electron chi connectivity index (χ4n) is 2.77. The first-order valence-electron chi connectivity index (χ1n) is 7.53. The van der Waals surface area contributed by atoms with Gasteiger partial charge in [-0.15, -0.1) is 11.6 Å². The Hall–Kier alpha value is -1.02. The van der Waals surface area contributed by atoms with Crippen molar-refractivity contribution in [3.8, 4) is 0 Å². The summed E-state index contributed by atoms with van der Waals surface area (Å²) in [4.78, 5) is 14.2. The van der Waals surface area contributed by atoms with Gasteiger partial charge in [0.25, 0.3) is 0 Å². The van der Waals surface area contributed by atoms with Crippen molar-refractivity contribution in [1.82, 2.24) is 4.90 Å². The van der Waals surface area contributed by atoms with Crippen molar-refractivity contribution >= 4 is 17.5 Å². The molecular weight excluding hydrogens is 270 g/mol. The SMILES string of the molecule is Cc1ccc(CCC(=O)N2CCC(C(C)Cl)CC2)cc1. The average Bonchev–Trinajstić information content (AvgIpc) is 2.46. The van der Waals surface area contributed by atoms with E-state index in [-0.39, 0.29) is 11.3 Å². The van der Waals surface area contributed by atoms with Gasteiger partial charge in [0.2, 0.25) is 5.91 Å². The van der Waals surface area contributed by atoms with E-state index >= 15 is 0 Å². The number of nitrogens with zero attached hydrogens (tertiary/aromatic N) is 1. The molecule has 1 aliphatic rings. The molecule has 0 aromatic heterocycles. The zero-order valence-electron chi connectivity index (χ0n) is 12.4. The van der Waals surface area contributed by atoms with Gasteiger partial charge in [-0.1, -0.05) is 29.8 Å². The van der Waals surface area contributed by atoms with E-state index in [4.69, 9.17) is 11.6 Å². The number of alkyl halides is 1. The van der Waals surface area contributed by atoms with Crippen LogP contribution in [0.1, 0.15) is 37.3 Å². The maximum absolute atomic E-state index is 12.2. The number of hydrogen-bond donors (Lipinski definition) is 0. The minimum atomic E-state index is 0.222. The maximum atomic E-state index is 12.2. The Morgan fingerprint density at radius 2 is 1.90 bits per heavy atom. The topological polar surface area (TPSA) is 20.3 Å². The number of piperidine rings is 1. The second-order valence-corrected chi connectivity index (χ2v) is 6.57. The molecule has 1 saturated heterocycles. The van der Waals surface area contributed by atoms with Crippen LogP contribution in [0.25, 0.3) is 0 Å². The first-order valence-corrected chi connectivity index (χ1v) is 7.97. The highest BCUT2D eigenvalue weighted by molar-refractivity contribution is 6.20. The molecule has 110 valence electrons. The zero-order valence-corrected chi connectivity index (χ0v) is 13.2. The Morgan fingerprint density at radius 3 is 2.45 bits per heavy atom. The predicted octanol–water partition coefficient (Wildman–Crippen LogP) is 3.79. The first-order chi connectivity index (χ1) is 9.56. The third-order valence-corrected chi connectivity index (χ3v) is 4.65. The van der Waals surface area contributed by atoms with Crippen molar-refractivity contribution < 1.29 is 4.79 Å². The molecule has 1 amide bonds. The molecule has 1 aliphatic heterocycles. The molecule has 0 N–H and O–H groups in total. The average molecular weight is 294 g/mol. The molecule has 0 saturated carbocycles. The van der Waals surface area contributed by atoms with Gasteiger partial charge in [0.1, 0.15) is 0 Å². The van der Waals surface area contributed by atoms with Crippen LogP contribution in [0.3, 0.4) is 0 Å². The molecule has 3 heteroatoms. The van der Waals surface area contributed by atoms with E-state index in [1.165, 1.54) is 11.1 Å². The van der Waals surface area contributed by atoms with E-state index in [9.17, 15) is 4.79 Å². The quantitative estimate of drug-likeness (QED) is 0.774. The molecule has 1 unspecified atom stereocenters. The molecule has 1 atom stereocenters. The largest absolute Gasteiger partial charge is 0.343 e. The maximum Gasteiger partial charge on any atom is 0.222 e. The fraction of sp³-hybridized carbons (Fsp3) is 0.588. The monoisotopic (exact) mass is 293 g/mol. The Kier molecular flexibility index (Phi) is 5.47. The molecule has 2 nitrogen and oxygen atoms in total. The van der Waals surface area contributed by atoms with Crippen LogP contribution in [0.5, 0.6) is 0 Å². The summed E-state index contributed by atoms with van der Waals surface area (Å²) >= 11 is 6.13. The van der Waals surface area contributed by atoms with Crippen LogP contribution in [-0.4, -0.2) is 29.3 Å². The molecule has 1 aromatic rings. The summed E-state index contributed by atoms with van der Waals surface area (Å²) in [7, 11) is 0. The molecule has 0 spiro atoms. The van der Waals surface area contributed by atoms with Crippen molar-refractivity contribution in [3.05, 3.63) is 35.4 Å². The summed E-state index contributed by atoms with van der Waals surface area (Å²) in [5, 5.41) is 0.222. The number of benzene rings is 1. The number of likely N-dealkylation sites (tertiary alicyclic amines) is 1. The highest BCUT2D eigenvalue weighted by Gasteiger charge is 2.24. The fourth-order valence-corrected chi connectivity index (χ4v) is 3.02. The van der Waals surface area contributed by atoms with E-state index in [0.29, 0.717) is 12.3 Å². The first kappa shape index (κ1) is 15.4. The van der Waals surface area contributed by atoms with Crippen molar-refractivity contribution in [2.45, 2.75) is 44.9 Å². The molecule has 0 bridgehead atoms. The number of amides is 1. The van der Waals surface area contributed by atoms with Gasteiger partial charge in [-0.2, -0.15) is 0 Å². The van der Waals surface area contributed by atoms with Crippen molar-refractivity contribution in [2.75, 3.05) is 13.1 Å². The van der Waals surface area contributed by atoms with Gasteiger partial charge >= 0.3 is 0 Å². The summed E-state index contributed by atoms with van der Waals surface area (Å²) < 4.78 is 0. The van der Waals surface area contributed by atoms with Crippen LogP contribution in [0.4, 0.5) is 0 Å². The second kappa shape index (κ2) is 7.12. The second-order valence-electron chi connectivity index (χ2n) is 5.88. The van der Waals surface area contributed by atoms with E-state index in [1.54, 1.807) is 0 Å². The molecule has 0 aliphatic carbocycles.